The van der Waals surface area contributed by atoms with Crippen LogP contribution in [-0.4, -0.2) is 15.1 Å². The molecule has 3 rings (SSSR count). The van der Waals surface area contributed by atoms with Crippen LogP contribution in [0, 0.1) is 0 Å². The van der Waals surface area contributed by atoms with Crippen LogP contribution in [0.4, 0.5) is 0 Å². The number of ketones is 1. The monoisotopic (exact) mass is 294 g/mol. The summed E-state index contributed by atoms with van der Waals surface area (Å²) in [7, 11) is 0. The molecule has 0 saturated heterocycles. The summed E-state index contributed by atoms with van der Waals surface area (Å²) in [6.45, 7) is 1.50. The van der Waals surface area contributed by atoms with E-state index in [0.29, 0.717) is 27.4 Å². The maximum atomic E-state index is 11.2. The van der Waals surface area contributed by atoms with Crippen LogP contribution in [0.2, 0.25) is 5.02 Å². The van der Waals surface area contributed by atoms with Crippen molar-refractivity contribution in [3.8, 4) is 10.9 Å². The minimum absolute atomic E-state index is 0.0274. The fourth-order valence-electron chi connectivity index (χ4n) is 1.67. The molecule has 1 aromatic carbocycles. The Bertz CT molecular complexity index is 637. The Hall–Kier alpha value is -1.46. The topological polar surface area (TPSA) is 52.1 Å². The summed E-state index contributed by atoms with van der Waals surface area (Å²) in [5.41, 5.74) is 0.563. The van der Waals surface area contributed by atoms with Crippen molar-refractivity contribution in [1.82, 2.24) is 9.36 Å². The molecule has 1 aliphatic carbocycles. The number of hydrogen-bond acceptors (Lipinski definition) is 5. The number of nitrogens with zero attached hydrogens (tertiary/aromatic N) is 2. The van der Waals surface area contributed by atoms with Gasteiger partial charge in [-0.15, -0.1) is 0 Å². The van der Waals surface area contributed by atoms with Crippen LogP contribution in [0.25, 0.3) is 0 Å². The number of ether oxygens (including phenoxy) is 1. The summed E-state index contributed by atoms with van der Waals surface area (Å²) >= 11 is 7.31. The Morgan fingerprint density at radius 2 is 2.26 bits per heavy atom. The Morgan fingerprint density at radius 3 is 2.89 bits per heavy atom. The molecule has 0 unspecified atom stereocenters. The molecule has 1 aliphatic rings. The van der Waals surface area contributed by atoms with Crippen LogP contribution in [0.5, 0.6) is 10.9 Å². The van der Waals surface area contributed by atoms with Gasteiger partial charge in [0.15, 0.2) is 5.78 Å². The van der Waals surface area contributed by atoms with E-state index in [2.05, 4.69) is 9.36 Å². The number of hydrogen-bond donors (Lipinski definition) is 0. The molecule has 0 bridgehead atoms. The number of benzene rings is 1. The zero-order valence-corrected chi connectivity index (χ0v) is 11.8. The standard InChI is InChI=1S/C13H11ClN2O2S/c1-7(17)9-4-5-11(10(14)6-9)18-13-15-12(16-19-13)8-2-3-8/h4-6,8H,2-3H2,1H3. The van der Waals surface area contributed by atoms with Crippen LogP contribution in [0.1, 0.15) is 41.9 Å². The van der Waals surface area contributed by atoms with E-state index in [1.165, 1.54) is 18.5 Å². The smallest absolute Gasteiger partial charge is 0.298 e. The van der Waals surface area contributed by atoms with E-state index in [1.54, 1.807) is 18.2 Å². The molecule has 19 heavy (non-hydrogen) atoms. The van der Waals surface area contributed by atoms with Gasteiger partial charge in [0.2, 0.25) is 0 Å². The van der Waals surface area contributed by atoms with Crippen LogP contribution in [0.15, 0.2) is 18.2 Å². The molecule has 0 amide bonds. The summed E-state index contributed by atoms with van der Waals surface area (Å²) < 4.78 is 9.86. The first-order valence-electron chi connectivity index (χ1n) is 5.95. The number of carbonyl (C=O) groups is 1. The zero-order valence-electron chi connectivity index (χ0n) is 10.2. The van der Waals surface area contributed by atoms with Gasteiger partial charge in [0.25, 0.3) is 5.19 Å². The van der Waals surface area contributed by atoms with Crippen molar-refractivity contribution < 1.29 is 9.53 Å². The third kappa shape index (κ3) is 2.77. The predicted molar refractivity (Wildman–Crippen MR) is 73.4 cm³/mol. The van der Waals surface area contributed by atoms with Crippen molar-refractivity contribution in [3.63, 3.8) is 0 Å². The Morgan fingerprint density at radius 1 is 1.47 bits per heavy atom. The molecular weight excluding hydrogens is 284 g/mol. The molecule has 0 N–H and O–H groups in total. The lowest BCUT2D eigenvalue weighted by Crippen LogP contribution is -1.93. The Labute approximate surface area is 119 Å². The van der Waals surface area contributed by atoms with Crippen molar-refractivity contribution in [3.05, 3.63) is 34.6 Å². The lowest BCUT2D eigenvalue weighted by Gasteiger charge is -2.04. The number of rotatable bonds is 4. The molecule has 1 aromatic heterocycles. The van der Waals surface area contributed by atoms with Crippen LogP contribution in [0.3, 0.4) is 0 Å². The first kappa shape index (κ1) is 12.6. The molecule has 4 nitrogen and oxygen atoms in total. The quantitative estimate of drug-likeness (QED) is 0.798. The highest BCUT2D eigenvalue weighted by Crippen LogP contribution is 2.40. The highest BCUT2D eigenvalue weighted by Gasteiger charge is 2.28. The van der Waals surface area contributed by atoms with E-state index in [-0.39, 0.29) is 5.78 Å². The molecule has 6 heteroatoms. The summed E-state index contributed by atoms with van der Waals surface area (Å²) in [6, 6.07) is 4.96. The average molecular weight is 295 g/mol. The summed E-state index contributed by atoms with van der Waals surface area (Å²) in [6.07, 6.45) is 2.31. The third-order valence-electron chi connectivity index (χ3n) is 2.90. The zero-order chi connectivity index (χ0) is 13.4. The first-order valence-corrected chi connectivity index (χ1v) is 7.10. The van der Waals surface area contributed by atoms with Gasteiger partial charge < -0.3 is 4.74 Å². The number of Topliss-reactive ketones (excluding diaryl/α,β-unsaturated/α-hetero) is 1. The van der Waals surface area contributed by atoms with Crippen molar-refractivity contribution >= 4 is 28.9 Å². The largest absolute Gasteiger partial charge is 0.428 e. The fourth-order valence-corrected chi connectivity index (χ4v) is 2.51. The normalized spacial score (nSPS) is 14.4. The van der Waals surface area contributed by atoms with Gasteiger partial charge in [0.1, 0.15) is 11.6 Å². The van der Waals surface area contributed by atoms with Crippen molar-refractivity contribution in [2.24, 2.45) is 0 Å². The number of halogens is 1. The van der Waals surface area contributed by atoms with Crippen LogP contribution in [-0.2, 0) is 0 Å². The number of carbonyl (C=O) groups excluding carboxylic acids is 1. The molecule has 1 heterocycles. The van der Waals surface area contributed by atoms with Gasteiger partial charge in [-0.1, -0.05) is 11.6 Å². The van der Waals surface area contributed by atoms with E-state index in [0.717, 1.165) is 18.7 Å². The molecule has 1 fully saturated rings. The van der Waals surface area contributed by atoms with E-state index < -0.39 is 0 Å². The Kier molecular flexibility index (Phi) is 3.24. The van der Waals surface area contributed by atoms with Crippen LogP contribution >= 0.6 is 23.1 Å². The first-order chi connectivity index (χ1) is 9.13. The van der Waals surface area contributed by atoms with E-state index >= 15 is 0 Å². The SMILES string of the molecule is CC(=O)c1ccc(Oc2nc(C3CC3)ns2)c(Cl)c1. The molecular formula is C13H11ClN2O2S. The van der Waals surface area contributed by atoms with Gasteiger partial charge in [-0.2, -0.15) is 9.36 Å². The van der Waals surface area contributed by atoms with Crippen molar-refractivity contribution in [2.45, 2.75) is 25.7 Å². The highest BCUT2D eigenvalue weighted by atomic mass is 35.5. The summed E-state index contributed by atoms with van der Waals surface area (Å²) in [4.78, 5) is 15.6. The second-order valence-corrected chi connectivity index (χ2v) is 5.62. The molecule has 0 atom stereocenters. The molecule has 98 valence electrons. The molecule has 0 spiro atoms. The minimum Gasteiger partial charge on any atom is -0.428 e. The van der Waals surface area contributed by atoms with E-state index in [9.17, 15) is 4.79 Å². The second-order valence-electron chi connectivity index (χ2n) is 4.50. The van der Waals surface area contributed by atoms with Gasteiger partial charge in [0, 0.05) is 23.0 Å². The maximum absolute atomic E-state index is 11.2. The molecule has 0 radical (unpaired) electrons. The second kappa shape index (κ2) is 4.90. The molecule has 0 aliphatic heterocycles. The van der Waals surface area contributed by atoms with Gasteiger partial charge in [-0.3, -0.25) is 4.79 Å². The maximum Gasteiger partial charge on any atom is 0.298 e. The minimum atomic E-state index is -0.0274. The van der Waals surface area contributed by atoms with E-state index in [4.69, 9.17) is 16.3 Å². The molecule has 2 aromatic rings. The van der Waals surface area contributed by atoms with Gasteiger partial charge in [-0.05, 0) is 38.0 Å². The lowest BCUT2D eigenvalue weighted by molar-refractivity contribution is 0.101. The van der Waals surface area contributed by atoms with Gasteiger partial charge in [0.05, 0.1) is 5.02 Å². The summed E-state index contributed by atoms with van der Waals surface area (Å²) in [5.74, 6) is 1.83. The Balaban J connectivity index is 1.79. The van der Waals surface area contributed by atoms with Gasteiger partial charge >= 0.3 is 0 Å². The number of aromatic nitrogens is 2. The summed E-state index contributed by atoms with van der Waals surface area (Å²) in [5, 5.41) is 0.884. The molecule has 1 saturated carbocycles. The van der Waals surface area contributed by atoms with Gasteiger partial charge in [-0.25, -0.2) is 0 Å². The average Bonchev–Trinajstić information content (AvgIpc) is 3.12. The van der Waals surface area contributed by atoms with Crippen molar-refractivity contribution in [1.29, 1.82) is 0 Å². The predicted octanol–water partition coefficient (Wildman–Crippen LogP) is 4.06. The lowest BCUT2D eigenvalue weighted by atomic mass is 10.1. The van der Waals surface area contributed by atoms with Crippen molar-refractivity contribution in [2.75, 3.05) is 0 Å². The fraction of sp³-hybridized carbons (Fsp3) is 0.308. The third-order valence-corrected chi connectivity index (χ3v) is 3.81. The van der Waals surface area contributed by atoms with Crippen LogP contribution < -0.4 is 4.74 Å². The van der Waals surface area contributed by atoms with E-state index in [1.807, 2.05) is 0 Å². The highest BCUT2D eigenvalue weighted by molar-refractivity contribution is 7.07.